The van der Waals surface area contributed by atoms with Gasteiger partial charge in [0.05, 0.1) is 25.5 Å². The normalized spacial score (nSPS) is 21.3. The summed E-state index contributed by atoms with van der Waals surface area (Å²) >= 11 is 1.53. The van der Waals surface area contributed by atoms with Gasteiger partial charge in [-0.1, -0.05) is 0 Å². The van der Waals surface area contributed by atoms with Crippen molar-refractivity contribution in [3.05, 3.63) is 11.1 Å². The summed E-state index contributed by atoms with van der Waals surface area (Å²) in [4.78, 5) is 18.7. The number of hydrogen-bond acceptors (Lipinski definition) is 6. The number of morpholine rings is 1. The molecule has 2 N–H and O–H groups in total. The van der Waals surface area contributed by atoms with Gasteiger partial charge in [-0.3, -0.25) is 9.69 Å². The number of amides is 1. The predicted octanol–water partition coefficient (Wildman–Crippen LogP) is 0.881. The zero-order chi connectivity index (χ0) is 14.5. The summed E-state index contributed by atoms with van der Waals surface area (Å²) in [6, 6.07) is 0. The number of carbonyl (C=O) groups is 1. The van der Waals surface area contributed by atoms with E-state index in [1.54, 1.807) is 0 Å². The molecular formula is C14H22N4O2S. The fourth-order valence-electron chi connectivity index (χ4n) is 2.77. The molecule has 3 heterocycles. The highest BCUT2D eigenvalue weighted by Crippen LogP contribution is 2.28. The Kier molecular flexibility index (Phi) is 5.18. The van der Waals surface area contributed by atoms with E-state index in [4.69, 9.17) is 4.74 Å². The van der Waals surface area contributed by atoms with Crippen LogP contribution >= 0.6 is 11.3 Å². The quantitative estimate of drug-likeness (QED) is 0.864. The van der Waals surface area contributed by atoms with Crippen molar-refractivity contribution in [1.29, 1.82) is 0 Å². The van der Waals surface area contributed by atoms with E-state index < -0.39 is 0 Å². The SMILES string of the molecule is O=C(CN1CCOCC1)Nc1nc(C2CCNCC2)cs1. The third-order valence-corrected chi connectivity index (χ3v) is 4.77. The Labute approximate surface area is 128 Å². The number of rotatable bonds is 4. The first kappa shape index (κ1) is 14.9. The van der Waals surface area contributed by atoms with Crippen LogP contribution < -0.4 is 10.6 Å². The molecule has 1 aromatic rings. The monoisotopic (exact) mass is 310 g/mol. The largest absolute Gasteiger partial charge is 0.379 e. The topological polar surface area (TPSA) is 66.5 Å². The molecule has 1 aromatic heterocycles. The Morgan fingerprint density at radius 2 is 2.19 bits per heavy atom. The fourth-order valence-corrected chi connectivity index (χ4v) is 3.58. The van der Waals surface area contributed by atoms with E-state index in [1.807, 2.05) is 0 Å². The lowest BCUT2D eigenvalue weighted by Crippen LogP contribution is -2.41. The summed E-state index contributed by atoms with van der Waals surface area (Å²) in [5.41, 5.74) is 1.13. The molecule has 1 amide bonds. The average Bonchev–Trinajstić information content (AvgIpc) is 2.97. The van der Waals surface area contributed by atoms with Crippen LogP contribution in [0.3, 0.4) is 0 Å². The molecule has 21 heavy (non-hydrogen) atoms. The van der Waals surface area contributed by atoms with E-state index in [0.29, 0.717) is 25.7 Å². The van der Waals surface area contributed by atoms with Gasteiger partial charge in [-0.25, -0.2) is 4.98 Å². The van der Waals surface area contributed by atoms with Crippen LogP contribution in [0, 0.1) is 0 Å². The molecule has 2 saturated heterocycles. The van der Waals surface area contributed by atoms with Crippen molar-refractivity contribution in [1.82, 2.24) is 15.2 Å². The number of nitrogens with one attached hydrogen (secondary N) is 2. The number of carbonyl (C=O) groups excluding carboxylic acids is 1. The van der Waals surface area contributed by atoms with Crippen LogP contribution in [-0.4, -0.2) is 61.7 Å². The Morgan fingerprint density at radius 1 is 1.43 bits per heavy atom. The van der Waals surface area contributed by atoms with Crippen LogP contribution in [-0.2, 0) is 9.53 Å². The number of piperidine rings is 1. The number of aromatic nitrogens is 1. The molecule has 0 unspecified atom stereocenters. The van der Waals surface area contributed by atoms with Crippen LogP contribution in [0.1, 0.15) is 24.5 Å². The Morgan fingerprint density at radius 3 is 2.95 bits per heavy atom. The van der Waals surface area contributed by atoms with Gasteiger partial charge in [0.2, 0.25) is 5.91 Å². The highest BCUT2D eigenvalue weighted by Gasteiger charge is 2.19. The van der Waals surface area contributed by atoms with E-state index >= 15 is 0 Å². The van der Waals surface area contributed by atoms with Crippen LogP contribution in [0.25, 0.3) is 0 Å². The Balaban J connectivity index is 1.50. The second-order valence-corrected chi connectivity index (χ2v) is 6.40. The van der Waals surface area contributed by atoms with E-state index in [-0.39, 0.29) is 5.91 Å². The molecule has 116 valence electrons. The number of ether oxygens (including phenoxy) is 1. The third kappa shape index (κ3) is 4.23. The van der Waals surface area contributed by atoms with Gasteiger partial charge in [0.15, 0.2) is 5.13 Å². The summed E-state index contributed by atoms with van der Waals surface area (Å²) in [5, 5.41) is 9.09. The van der Waals surface area contributed by atoms with Gasteiger partial charge in [-0.2, -0.15) is 0 Å². The lowest BCUT2D eigenvalue weighted by atomic mass is 9.96. The molecule has 0 atom stereocenters. The molecule has 2 aliphatic heterocycles. The maximum absolute atomic E-state index is 12.0. The number of nitrogens with zero attached hydrogens (tertiary/aromatic N) is 2. The van der Waals surface area contributed by atoms with Crippen molar-refractivity contribution in [2.75, 3.05) is 51.3 Å². The molecule has 3 rings (SSSR count). The second-order valence-electron chi connectivity index (χ2n) is 5.54. The van der Waals surface area contributed by atoms with Crippen molar-refractivity contribution in [2.45, 2.75) is 18.8 Å². The smallest absolute Gasteiger partial charge is 0.240 e. The summed E-state index contributed by atoms with van der Waals surface area (Å²) in [6.07, 6.45) is 2.26. The van der Waals surface area contributed by atoms with Crippen LogP contribution in [0.5, 0.6) is 0 Å². The molecule has 0 radical (unpaired) electrons. The van der Waals surface area contributed by atoms with Gasteiger partial charge in [-0.15, -0.1) is 11.3 Å². The number of hydrogen-bond donors (Lipinski definition) is 2. The second kappa shape index (κ2) is 7.31. The summed E-state index contributed by atoms with van der Waals surface area (Å²) < 4.78 is 5.28. The van der Waals surface area contributed by atoms with Crippen molar-refractivity contribution in [2.24, 2.45) is 0 Å². The van der Waals surface area contributed by atoms with Crippen molar-refractivity contribution >= 4 is 22.4 Å². The molecule has 0 aromatic carbocycles. The minimum absolute atomic E-state index is 0.0168. The van der Waals surface area contributed by atoms with Crippen LogP contribution in [0.4, 0.5) is 5.13 Å². The molecule has 6 nitrogen and oxygen atoms in total. The third-order valence-electron chi connectivity index (χ3n) is 4.00. The summed E-state index contributed by atoms with van der Waals surface area (Å²) in [7, 11) is 0. The standard InChI is InChI=1S/C14H22N4O2S/c19-13(9-18-5-7-20-8-6-18)17-14-16-12(10-21-14)11-1-3-15-4-2-11/h10-11,15H,1-9H2,(H,16,17,19). The van der Waals surface area contributed by atoms with E-state index in [1.165, 1.54) is 11.3 Å². The molecule has 7 heteroatoms. The van der Waals surface area contributed by atoms with E-state index in [9.17, 15) is 4.79 Å². The van der Waals surface area contributed by atoms with Gasteiger partial charge >= 0.3 is 0 Å². The van der Waals surface area contributed by atoms with Gasteiger partial charge in [-0.05, 0) is 25.9 Å². The van der Waals surface area contributed by atoms with Gasteiger partial charge in [0.1, 0.15) is 0 Å². The van der Waals surface area contributed by atoms with Crippen LogP contribution in [0.15, 0.2) is 5.38 Å². The summed E-state index contributed by atoms with van der Waals surface area (Å²) in [6.45, 7) is 5.61. The maximum atomic E-state index is 12.0. The average molecular weight is 310 g/mol. The number of thiazole rings is 1. The highest BCUT2D eigenvalue weighted by molar-refractivity contribution is 7.13. The van der Waals surface area contributed by atoms with Crippen molar-refractivity contribution < 1.29 is 9.53 Å². The fraction of sp³-hybridized carbons (Fsp3) is 0.714. The first-order valence-corrected chi connectivity index (χ1v) is 8.45. The summed E-state index contributed by atoms with van der Waals surface area (Å²) in [5.74, 6) is 0.551. The zero-order valence-electron chi connectivity index (χ0n) is 12.1. The van der Waals surface area contributed by atoms with Crippen LogP contribution in [0.2, 0.25) is 0 Å². The van der Waals surface area contributed by atoms with Gasteiger partial charge in [0.25, 0.3) is 0 Å². The molecule has 0 aliphatic carbocycles. The first-order chi connectivity index (χ1) is 10.3. The molecule has 0 spiro atoms. The van der Waals surface area contributed by atoms with E-state index in [2.05, 4.69) is 25.9 Å². The van der Waals surface area contributed by atoms with Gasteiger partial charge in [0, 0.05) is 24.4 Å². The molecule has 0 saturated carbocycles. The van der Waals surface area contributed by atoms with Gasteiger partial charge < -0.3 is 15.4 Å². The molecule has 2 aliphatic rings. The highest BCUT2D eigenvalue weighted by atomic mass is 32.1. The first-order valence-electron chi connectivity index (χ1n) is 7.57. The lowest BCUT2D eigenvalue weighted by molar-refractivity contribution is -0.118. The predicted molar refractivity (Wildman–Crippen MR) is 82.8 cm³/mol. The Hall–Kier alpha value is -1.02. The van der Waals surface area contributed by atoms with Crippen molar-refractivity contribution in [3.63, 3.8) is 0 Å². The molecule has 2 fully saturated rings. The zero-order valence-corrected chi connectivity index (χ0v) is 13.0. The van der Waals surface area contributed by atoms with Crippen molar-refractivity contribution in [3.8, 4) is 0 Å². The molecule has 0 bridgehead atoms. The van der Waals surface area contributed by atoms with E-state index in [0.717, 1.165) is 49.8 Å². The minimum atomic E-state index is 0.0168. The maximum Gasteiger partial charge on any atom is 0.240 e. The lowest BCUT2D eigenvalue weighted by Gasteiger charge is -2.25. The number of anilines is 1. The molecular weight excluding hydrogens is 288 g/mol. The minimum Gasteiger partial charge on any atom is -0.379 e. The Bertz CT molecular complexity index is 467.